The van der Waals surface area contributed by atoms with Gasteiger partial charge in [-0.15, -0.1) is 0 Å². The van der Waals surface area contributed by atoms with E-state index in [0.29, 0.717) is 12.1 Å². The molecule has 0 aliphatic carbocycles. The summed E-state index contributed by atoms with van der Waals surface area (Å²) in [6, 6.07) is 19.5. The summed E-state index contributed by atoms with van der Waals surface area (Å²) in [6.45, 7) is 0.621. The largest absolute Gasteiger partial charge is 0.338 e. The number of hydrogen-bond donors (Lipinski definition) is 1. The predicted octanol–water partition coefficient (Wildman–Crippen LogP) is 3.18. The van der Waals surface area contributed by atoms with Crippen molar-refractivity contribution in [1.82, 2.24) is 24.6 Å². The van der Waals surface area contributed by atoms with Gasteiger partial charge in [0, 0.05) is 25.6 Å². The SMILES string of the molecule is Cn1ccnc1[C@@H](NC(=O)c1cnn(Cc2ccccc2)c1)c1ccccc1. The van der Waals surface area contributed by atoms with Crippen molar-refractivity contribution in [3.05, 3.63) is 108 Å². The second-order valence-corrected chi connectivity index (χ2v) is 6.63. The Labute approximate surface area is 163 Å². The number of hydrogen-bond acceptors (Lipinski definition) is 3. The zero-order chi connectivity index (χ0) is 19.3. The molecule has 6 heteroatoms. The topological polar surface area (TPSA) is 64.7 Å². The molecule has 0 bridgehead atoms. The van der Waals surface area contributed by atoms with Crippen molar-refractivity contribution in [3.8, 4) is 0 Å². The van der Waals surface area contributed by atoms with Crippen LogP contribution in [0.3, 0.4) is 0 Å². The molecule has 0 aliphatic heterocycles. The third-order valence-electron chi connectivity index (χ3n) is 4.61. The van der Waals surface area contributed by atoms with Crippen LogP contribution in [-0.4, -0.2) is 25.2 Å². The second-order valence-electron chi connectivity index (χ2n) is 6.63. The van der Waals surface area contributed by atoms with E-state index in [-0.39, 0.29) is 11.9 Å². The summed E-state index contributed by atoms with van der Waals surface area (Å²) in [5.41, 5.74) is 2.63. The van der Waals surface area contributed by atoms with Crippen molar-refractivity contribution in [1.29, 1.82) is 0 Å². The lowest BCUT2D eigenvalue weighted by Gasteiger charge is -2.18. The number of benzene rings is 2. The molecule has 140 valence electrons. The summed E-state index contributed by atoms with van der Waals surface area (Å²) in [6.07, 6.45) is 6.96. The molecule has 2 aromatic heterocycles. The number of carbonyl (C=O) groups excluding carboxylic acids is 1. The quantitative estimate of drug-likeness (QED) is 0.566. The highest BCUT2D eigenvalue weighted by molar-refractivity contribution is 5.94. The average Bonchev–Trinajstić information content (AvgIpc) is 3.37. The Bertz CT molecular complexity index is 1050. The van der Waals surface area contributed by atoms with Crippen molar-refractivity contribution in [3.63, 3.8) is 0 Å². The number of nitrogens with one attached hydrogen (secondary N) is 1. The first-order chi connectivity index (χ1) is 13.7. The fourth-order valence-electron chi connectivity index (χ4n) is 3.15. The maximum Gasteiger partial charge on any atom is 0.255 e. The Morgan fingerprint density at radius 1 is 1.07 bits per heavy atom. The molecule has 28 heavy (non-hydrogen) atoms. The molecule has 6 nitrogen and oxygen atoms in total. The van der Waals surface area contributed by atoms with E-state index in [1.807, 2.05) is 78.5 Å². The lowest BCUT2D eigenvalue weighted by molar-refractivity contribution is 0.0941. The van der Waals surface area contributed by atoms with Crippen LogP contribution in [0.4, 0.5) is 0 Å². The van der Waals surface area contributed by atoms with E-state index >= 15 is 0 Å². The number of aromatic nitrogens is 4. The maximum atomic E-state index is 12.9. The van der Waals surface area contributed by atoms with Crippen molar-refractivity contribution in [2.75, 3.05) is 0 Å². The highest BCUT2D eigenvalue weighted by Gasteiger charge is 2.22. The fraction of sp³-hybridized carbons (Fsp3) is 0.136. The van der Waals surface area contributed by atoms with Gasteiger partial charge in [-0.25, -0.2) is 4.98 Å². The number of rotatable bonds is 6. The van der Waals surface area contributed by atoms with Gasteiger partial charge in [0.1, 0.15) is 11.9 Å². The molecule has 1 amide bonds. The van der Waals surface area contributed by atoms with Gasteiger partial charge in [-0.2, -0.15) is 5.10 Å². The van der Waals surface area contributed by atoms with E-state index in [9.17, 15) is 4.79 Å². The van der Waals surface area contributed by atoms with Crippen LogP contribution in [-0.2, 0) is 13.6 Å². The van der Waals surface area contributed by atoms with E-state index < -0.39 is 0 Å². The first kappa shape index (κ1) is 17.7. The van der Waals surface area contributed by atoms with Crippen LogP contribution in [0.15, 0.2) is 85.5 Å². The van der Waals surface area contributed by atoms with Crippen LogP contribution in [0.2, 0.25) is 0 Å². The van der Waals surface area contributed by atoms with Crippen LogP contribution in [0.5, 0.6) is 0 Å². The molecular weight excluding hydrogens is 350 g/mol. The summed E-state index contributed by atoms with van der Waals surface area (Å²) in [5, 5.41) is 7.42. The van der Waals surface area contributed by atoms with Crippen LogP contribution < -0.4 is 5.32 Å². The lowest BCUT2D eigenvalue weighted by atomic mass is 10.1. The molecule has 0 aliphatic rings. The van der Waals surface area contributed by atoms with Crippen LogP contribution in [0, 0.1) is 0 Å². The third kappa shape index (κ3) is 3.86. The van der Waals surface area contributed by atoms with Crippen LogP contribution in [0.25, 0.3) is 0 Å². The Morgan fingerprint density at radius 3 is 2.46 bits per heavy atom. The first-order valence-electron chi connectivity index (χ1n) is 9.10. The number of carbonyl (C=O) groups is 1. The van der Waals surface area contributed by atoms with Gasteiger partial charge in [0.05, 0.1) is 18.3 Å². The second kappa shape index (κ2) is 7.92. The smallest absolute Gasteiger partial charge is 0.255 e. The Morgan fingerprint density at radius 2 is 1.79 bits per heavy atom. The summed E-state index contributed by atoms with van der Waals surface area (Å²) < 4.78 is 3.68. The van der Waals surface area contributed by atoms with Gasteiger partial charge >= 0.3 is 0 Å². The molecule has 1 atom stereocenters. The van der Waals surface area contributed by atoms with E-state index in [1.54, 1.807) is 23.3 Å². The number of aryl methyl sites for hydroxylation is 1. The van der Waals surface area contributed by atoms with Crippen LogP contribution >= 0.6 is 0 Å². The molecule has 4 aromatic rings. The Balaban J connectivity index is 1.54. The number of imidazole rings is 1. The van der Waals surface area contributed by atoms with E-state index in [0.717, 1.165) is 17.0 Å². The molecule has 0 saturated carbocycles. The highest BCUT2D eigenvalue weighted by atomic mass is 16.1. The zero-order valence-corrected chi connectivity index (χ0v) is 15.6. The summed E-state index contributed by atoms with van der Waals surface area (Å²) >= 11 is 0. The van der Waals surface area contributed by atoms with E-state index in [2.05, 4.69) is 15.4 Å². The molecule has 0 unspecified atom stereocenters. The van der Waals surface area contributed by atoms with Crippen molar-refractivity contribution in [2.24, 2.45) is 7.05 Å². The minimum absolute atomic E-state index is 0.184. The molecule has 0 radical (unpaired) electrons. The van der Waals surface area contributed by atoms with Gasteiger partial charge < -0.3 is 9.88 Å². The number of nitrogens with zero attached hydrogens (tertiary/aromatic N) is 4. The molecular formula is C22H21N5O. The normalized spacial score (nSPS) is 11.9. The van der Waals surface area contributed by atoms with Gasteiger partial charge in [-0.05, 0) is 11.1 Å². The molecule has 2 heterocycles. The molecule has 0 saturated heterocycles. The zero-order valence-electron chi connectivity index (χ0n) is 15.6. The molecule has 0 spiro atoms. The summed E-state index contributed by atoms with van der Waals surface area (Å²) in [7, 11) is 1.92. The number of amides is 1. The Hall–Kier alpha value is -3.67. The maximum absolute atomic E-state index is 12.9. The van der Waals surface area contributed by atoms with Crippen molar-refractivity contribution >= 4 is 5.91 Å². The van der Waals surface area contributed by atoms with Crippen LogP contribution in [0.1, 0.15) is 33.4 Å². The first-order valence-corrected chi connectivity index (χ1v) is 9.10. The van der Waals surface area contributed by atoms with E-state index in [4.69, 9.17) is 0 Å². The monoisotopic (exact) mass is 371 g/mol. The average molecular weight is 371 g/mol. The third-order valence-corrected chi connectivity index (χ3v) is 4.61. The van der Waals surface area contributed by atoms with Gasteiger partial charge in [-0.1, -0.05) is 60.7 Å². The molecule has 1 N–H and O–H groups in total. The van der Waals surface area contributed by atoms with Gasteiger partial charge in [0.15, 0.2) is 0 Å². The standard InChI is InChI=1S/C22H21N5O/c1-26-13-12-23-21(26)20(18-10-6-3-7-11-18)25-22(28)19-14-24-27(16-19)15-17-8-4-2-5-9-17/h2-14,16,20H,15H2,1H3,(H,25,28)/t20-/m0/s1. The van der Waals surface area contributed by atoms with Crippen molar-refractivity contribution in [2.45, 2.75) is 12.6 Å². The Kier molecular flexibility index (Phi) is 5.01. The fourth-order valence-corrected chi connectivity index (χ4v) is 3.15. The molecule has 2 aromatic carbocycles. The molecule has 0 fully saturated rings. The predicted molar refractivity (Wildman–Crippen MR) is 107 cm³/mol. The highest BCUT2D eigenvalue weighted by Crippen LogP contribution is 2.20. The van der Waals surface area contributed by atoms with Crippen molar-refractivity contribution < 1.29 is 4.79 Å². The summed E-state index contributed by atoms with van der Waals surface area (Å²) in [5.74, 6) is 0.590. The lowest BCUT2D eigenvalue weighted by Crippen LogP contribution is -2.30. The molecule has 4 rings (SSSR count). The minimum atomic E-state index is -0.342. The summed E-state index contributed by atoms with van der Waals surface area (Å²) in [4.78, 5) is 17.3. The van der Waals surface area contributed by atoms with Gasteiger partial charge in [-0.3, -0.25) is 9.48 Å². The minimum Gasteiger partial charge on any atom is -0.338 e. The van der Waals surface area contributed by atoms with Gasteiger partial charge in [0.25, 0.3) is 5.91 Å². The van der Waals surface area contributed by atoms with Gasteiger partial charge in [0.2, 0.25) is 0 Å². The van der Waals surface area contributed by atoms with E-state index in [1.165, 1.54) is 0 Å².